The van der Waals surface area contributed by atoms with Crippen molar-refractivity contribution in [3.63, 3.8) is 0 Å². The monoisotopic (exact) mass is 348 g/mol. The molecular formula is C23H28N2O. The number of nitrogens with one attached hydrogen (secondary N) is 2. The van der Waals surface area contributed by atoms with Gasteiger partial charge in [-0.2, -0.15) is 0 Å². The first-order valence-electron chi connectivity index (χ1n) is 9.37. The molecule has 136 valence electrons. The molecule has 0 aliphatic carbocycles. The number of aromatic amines is 1. The molecular weight excluding hydrogens is 320 g/mol. The summed E-state index contributed by atoms with van der Waals surface area (Å²) < 4.78 is 0. The Hall–Kier alpha value is -2.55. The number of hydrogen-bond acceptors (Lipinski definition) is 1. The second-order valence-electron chi connectivity index (χ2n) is 7.56. The van der Waals surface area contributed by atoms with Gasteiger partial charge < -0.3 is 10.3 Å². The normalized spacial score (nSPS) is 13.7. The summed E-state index contributed by atoms with van der Waals surface area (Å²) in [6, 6.07) is 17.0. The van der Waals surface area contributed by atoms with Gasteiger partial charge >= 0.3 is 0 Å². The fourth-order valence-corrected chi connectivity index (χ4v) is 3.25. The van der Waals surface area contributed by atoms with Crippen molar-refractivity contribution in [2.45, 2.75) is 46.1 Å². The molecule has 3 aromatic rings. The zero-order valence-corrected chi connectivity index (χ0v) is 16.0. The van der Waals surface area contributed by atoms with Crippen molar-refractivity contribution >= 4 is 16.8 Å². The van der Waals surface area contributed by atoms with Crippen LogP contribution < -0.4 is 5.32 Å². The molecule has 0 fully saturated rings. The highest BCUT2D eigenvalue weighted by Gasteiger charge is 2.22. The summed E-state index contributed by atoms with van der Waals surface area (Å²) in [5, 5.41) is 4.33. The van der Waals surface area contributed by atoms with Crippen LogP contribution in [0.5, 0.6) is 0 Å². The minimum atomic E-state index is 0.0334. The molecule has 0 spiro atoms. The van der Waals surface area contributed by atoms with Crippen LogP contribution >= 0.6 is 0 Å². The molecule has 3 rings (SSSR count). The number of H-pyrrole nitrogens is 1. The molecule has 1 heterocycles. The van der Waals surface area contributed by atoms with Gasteiger partial charge in [0.2, 0.25) is 5.91 Å². The molecule has 2 N–H and O–H groups in total. The van der Waals surface area contributed by atoms with Gasteiger partial charge in [-0.25, -0.2) is 0 Å². The van der Waals surface area contributed by atoms with E-state index in [1.807, 2.05) is 18.3 Å². The van der Waals surface area contributed by atoms with Crippen LogP contribution in [0.1, 0.15) is 49.8 Å². The topological polar surface area (TPSA) is 44.9 Å². The van der Waals surface area contributed by atoms with E-state index in [0.29, 0.717) is 12.3 Å². The SMILES string of the molecule is Cc1ccc([C@@H](CC(=O)N[C@H](C)C(C)C)c2c[nH]c3ccccc23)cc1. The Morgan fingerprint density at radius 3 is 2.42 bits per heavy atom. The van der Waals surface area contributed by atoms with Gasteiger partial charge in [0.15, 0.2) is 0 Å². The Kier molecular flexibility index (Phi) is 5.46. The summed E-state index contributed by atoms with van der Waals surface area (Å²) in [5.41, 5.74) is 4.68. The smallest absolute Gasteiger partial charge is 0.221 e. The van der Waals surface area contributed by atoms with Crippen LogP contribution in [-0.4, -0.2) is 16.9 Å². The van der Waals surface area contributed by atoms with E-state index in [4.69, 9.17) is 0 Å². The van der Waals surface area contributed by atoms with Gasteiger partial charge in [0, 0.05) is 35.5 Å². The van der Waals surface area contributed by atoms with E-state index < -0.39 is 0 Å². The maximum atomic E-state index is 12.7. The highest BCUT2D eigenvalue weighted by atomic mass is 16.1. The number of para-hydroxylation sites is 1. The van der Waals surface area contributed by atoms with Crippen molar-refractivity contribution in [1.82, 2.24) is 10.3 Å². The van der Waals surface area contributed by atoms with Crippen LogP contribution in [0.3, 0.4) is 0 Å². The third-order valence-corrected chi connectivity index (χ3v) is 5.25. The van der Waals surface area contributed by atoms with Gasteiger partial charge in [0.05, 0.1) is 0 Å². The van der Waals surface area contributed by atoms with Gasteiger partial charge in [-0.15, -0.1) is 0 Å². The number of rotatable bonds is 6. The number of benzene rings is 2. The van der Waals surface area contributed by atoms with Crippen LogP contribution in [0.4, 0.5) is 0 Å². The van der Waals surface area contributed by atoms with E-state index in [-0.39, 0.29) is 17.9 Å². The van der Waals surface area contributed by atoms with Crippen molar-refractivity contribution in [2.75, 3.05) is 0 Å². The van der Waals surface area contributed by atoms with Gasteiger partial charge in [-0.1, -0.05) is 61.9 Å². The lowest BCUT2D eigenvalue weighted by Gasteiger charge is -2.21. The van der Waals surface area contributed by atoms with Gasteiger partial charge in [-0.3, -0.25) is 4.79 Å². The molecule has 1 amide bonds. The van der Waals surface area contributed by atoms with Crippen molar-refractivity contribution in [1.29, 1.82) is 0 Å². The lowest BCUT2D eigenvalue weighted by Crippen LogP contribution is -2.36. The summed E-state index contributed by atoms with van der Waals surface area (Å²) in [5.74, 6) is 0.554. The molecule has 3 nitrogen and oxygen atoms in total. The van der Waals surface area contributed by atoms with E-state index in [1.165, 1.54) is 22.1 Å². The van der Waals surface area contributed by atoms with Crippen LogP contribution in [0.15, 0.2) is 54.7 Å². The lowest BCUT2D eigenvalue weighted by molar-refractivity contribution is -0.122. The highest BCUT2D eigenvalue weighted by molar-refractivity contribution is 5.86. The van der Waals surface area contributed by atoms with Gasteiger partial charge in [0.1, 0.15) is 0 Å². The lowest BCUT2D eigenvalue weighted by atomic mass is 9.87. The molecule has 3 heteroatoms. The molecule has 0 unspecified atom stereocenters. The minimum absolute atomic E-state index is 0.0334. The number of carbonyl (C=O) groups is 1. The Morgan fingerprint density at radius 1 is 1.04 bits per heavy atom. The summed E-state index contributed by atoms with van der Waals surface area (Å²) in [6.45, 7) is 8.40. The number of carbonyl (C=O) groups excluding carboxylic acids is 1. The maximum absolute atomic E-state index is 12.7. The fourth-order valence-electron chi connectivity index (χ4n) is 3.25. The summed E-state index contributed by atoms with van der Waals surface area (Å²) >= 11 is 0. The largest absolute Gasteiger partial charge is 0.361 e. The maximum Gasteiger partial charge on any atom is 0.221 e. The first-order valence-corrected chi connectivity index (χ1v) is 9.37. The number of hydrogen-bond donors (Lipinski definition) is 2. The summed E-state index contributed by atoms with van der Waals surface area (Å²) in [6.07, 6.45) is 2.50. The van der Waals surface area contributed by atoms with Crippen LogP contribution in [0, 0.1) is 12.8 Å². The second-order valence-corrected chi connectivity index (χ2v) is 7.56. The first kappa shape index (κ1) is 18.2. The van der Waals surface area contributed by atoms with E-state index >= 15 is 0 Å². The zero-order chi connectivity index (χ0) is 18.7. The summed E-state index contributed by atoms with van der Waals surface area (Å²) in [7, 11) is 0. The van der Waals surface area contributed by atoms with Crippen LogP contribution in [0.25, 0.3) is 10.9 Å². The molecule has 1 aromatic heterocycles. The zero-order valence-electron chi connectivity index (χ0n) is 16.0. The Balaban J connectivity index is 1.94. The molecule has 2 aromatic carbocycles. The molecule has 0 bridgehead atoms. The molecule has 0 radical (unpaired) electrons. The van der Waals surface area contributed by atoms with E-state index in [9.17, 15) is 4.79 Å². The Morgan fingerprint density at radius 2 is 1.73 bits per heavy atom. The number of aromatic nitrogens is 1. The third kappa shape index (κ3) is 3.98. The molecule has 0 aliphatic heterocycles. The van der Waals surface area contributed by atoms with Crippen molar-refractivity contribution in [3.05, 3.63) is 71.4 Å². The number of fused-ring (bicyclic) bond motifs is 1. The quantitative estimate of drug-likeness (QED) is 0.635. The third-order valence-electron chi connectivity index (χ3n) is 5.25. The highest BCUT2D eigenvalue weighted by Crippen LogP contribution is 2.33. The summed E-state index contributed by atoms with van der Waals surface area (Å²) in [4.78, 5) is 16.1. The predicted octanol–water partition coefficient (Wildman–Crippen LogP) is 5.16. The average Bonchev–Trinajstić information content (AvgIpc) is 3.04. The first-order chi connectivity index (χ1) is 12.5. The fraction of sp³-hybridized carbons (Fsp3) is 0.348. The predicted molar refractivity (Wildman–Crippen MR) is 108 cm³/mol. The van der Waals surface area contributed by atoms with Gasteiger partial charge in [0.25, 0.3) is 0 Å². The van der Waals surface area contributed by atoms with Crippen LogP contribution in [0.2, 0.25) is 0 Å². The van der Waals surface area contributed by atoms with Crippen LogP contribution in [-0.2, 0) is 4.79 Å². The Bertz CT molecular complexity index is 877. The van der Waals surface area contributed by atoms with Gasteiger partial charge in [-0.05, 0) is 37.0 Å². The van der Waals surface area contributed by atoms with E-state index in [0.717, 1.165) is 5.52 Å². The number of aryl methyl sites for hydroxylation is 1. The molecule has 0 saturated heterocycles. The molecule has 2 atom stereocenters. The van der Waals surface area contributed by atoms with E-state index in [2.05, 4.69) is 74.4 Å². The molecule has 0 aliphatic rings. The number of amides is 1. The standard InChI is InChI=1S/C23H28N2O/c1-15(2)17(4)25-23(26)13-20(18-11-9-16(3)10-12-18)21-14-24-22-8-6-5-7-19(21)22/h5-12,14-15,17,20,24H,13H2,1-4H3,(H,25,26)/t17-,20-/m1/s1. The minimum Gasteiger partial charge on any atom is -0.361 e. The molecule has 26 heavy (non-hydrogen) atoms. The average molecular weight is 348 g/mol. The van der Waals surface area contributed by atoms with E-state index in [1.54, 1.807) is 0 Å². The molecule has 0 saturated carbocycles. The second kappa shape index (κ2) is 7.77. The van der Waals surface area contributed by atoms with Crippen molar-refractivity contribution in [3.8, 4) is 0 Å². The Labute approximate surface area is 155 Å². The van der Waals surface area contributed by atoms with Crippen molar-refractivity contribution < 1.29 is 4.79 Å². The van der Waals surface area contributed by atoms with Crippen molar-refractivity contribution in [2.24, 2.45) is 5.92 Å².